The Morgan fingerprint density at radius 2 is 1.93 bits per heavy atom. The van der Waals surface area contributed by atoms with Crippen molar-refractivity contribution in [2.45, 2.75) is 31.8 Å². The molecule has 0 bridgehead atoms. The van der Waals surface area contributed by atoms with Crippen LogP contribution in [0, 0.1) is 24.0 Å². The predicted octanol–water partition coefficient (Wildman–Crippen LogP) is 3.88. The average molecular weight is 418 g/mol. The molecule has 154 valence electrons. The van der Waals surface area contributed by atoms with Crippen molar-refractivity contribution >= 4 is 35.0 Å². The van der Waals surface area contributed by atoms with Crippen molar-refractivity contribution in [3.63, 3.8) is 0 Å². The van der Waals surface area contributed by atoms with Gasteiger partial charge in [0.2, 0.25) is 0 Å². The molecule has 1 atom stereocenters. The van der Waals surface area contributed by atoms with Gasteiger partial charge in [-0.05, 0) is 38.5 Å². The number of rotatable bonds is 8. The number of anilines is 1. The van der Waals surface area contributed by atoms with Gasteiger partial charge in [-0.25, -0.2) is 0 Å². The summed E-state index contributed by atoms with van der Waals surface area (Å²) in [7, 11) is 1.38. The Morgan fingerprint density at radius 3 is 2.55 bits per heavy atom. The van der Waals surface area contributed by atoms with Crippen molar-refractivity contribution in [2.24, 2.45) is 0 Å². The van der Waals surface area contributed by atoms with Crippen LogP contribution in [0.3, 0.4) is 0 Å². The van der Waals surface area contributed by atoms with E-state index in [-0.39, 0.29) is 22.9 Å². The van der Waals surface area contributed by atoms with Crippen molar-refractivity contribution in [3.8, 4) is 5.75 Å². The SMILES string of the molecule is COc1ccc([N+](=O)[O-])cc1NC(=O)[C@@H](C)OC(=O)CSc1ccc(C)cc1C. The highest BCUT2D eigenvalue weighted by Gasteiger charge is 2.21. The summed E-state index contributed by atoms with van der Waals surface area (Å²) in [6, 6.07) is 9.75. The minimum Gasteiger partial charge on any atom is -0.495 e. The molecule has 0 fully saturated rings. The molecule has 2 aromatic carbocycles. The lowest BCUT2D eigenvalue weighted by molar-refractivity contribution is -0.384. The molecule has 0 unspecified atom stereocenters. The fraction of sp³-hybridized carbons (Fsp3) is 0.300. The molecule has 1 amide bonds. The molecule has 0 spiro atoms. The largest absolute Gasteiger partial charge is 0.495 e. The standard InChI is InChI=1S/C20H22N2O6S/c1-12-5-8-18(13(2)9-12)29-11-19(23)28-14(3)20(24)21-16-10-15(22(25)26)6-7-17(16)27-4/h5-10,14H,11H2,1-4H3,(H,21,24)/t14-/m1/s1. The number of ether oxygens (including phenoxy) is 2. The Morgan fingerprint density at radius 1 is 1.21 bits per heavy atom. The molecule has 2 aromatic rings. The topological polar surface area (TPSA) is 108 Å². The number of nitrogens with one attached hydrogen (secondary N) is 1. The lowest BCUT2D eigenvalue weighted by Crippen LogP contribution is -2.30. The summed E-state index contributed by atoms with van der Waals surface area (Å²) >= 11 is 1.33. The van der Waals surface area contributed by atoms with E-state index < -0.39 is 22.9 Å². The van der Waals surface area contributed by atoms with Gasteiger partial charge in [0, 0.05) is 17.0 Å². The lowest BCUT2D eigenvalue weighted by atomic mass is 10.2. The molecule has 2 rings (SSSR count). The lowest BCUT2D eigenvalue weighted by Gasteiger charge is -2.15. The van der Waals surface area contributed by atoms with E-state index in [2.05, 4.69) is 5.32 Å². The summed E-state index contributed by atoms with van der Waals surface area (Å²) in [5, 5.41) is 13.4. The van der Waals surface area contributed by atoms with E-state index in [0.29, 0.717) is 0 Å². The number of benzene rings is 2. The highest BCUT2D eigenvalue weighted by Crippen LogP contribution is 2.29. The second-order valence-electron chi connectivity index (χ2n) is 6.32. The number of methoxy groups -OCH3 is 1. The molecule has 0 aliphatic rings. The Bertz CT molecular complexity index is 931. The third-order valence-corrected chi connectivity index (χ3v) is 5.15. The quantitative estimate of drug-likeness (QED) is 0.300. The first-order chi connectivity index (χ1) is 13.7. The maximum absolute atomic E-state index is 12.3. The van der Waals surface area contributed by atoms with Gasteiger partial charge in [-0.1, -0.05) is 17.7 Å². The molecule has 1 N–H and O–H groups in total. The number of amides is 1. The molecule has 0 aliphatic heterocycles. The van der Waals surface area contributed by atoms with Gasteiger partial charge in [-0.2, -0.15) is 0 Å². The summed E-state index contributed by atoms with van der Waals surface area (Å²) < 4.78 is 10.3. The number of nitro groups is 1. The van der Waals surface area contributed by atoms with Gasteiger partial charge in [0.05, 0.1) is 23.5 Å². The number of hydrogen-bond acceptors (Lipinski definition) is 7. The van der Waals surface area contributed by atoms with E-state index in [1.165, 1.54) is 44.0 Å². The summed E-state index contributed by atoms with van der Waals surface area (Å²) in [5.74, 6) is -0.841. The van der Waals surface area contributed by atoms with Crippen LogP contribution in [-0.2, 0) is 14.3 Å². The smallest absolute Gasteiger partial charge is 0.317 e. The van der Waals surface area contributed by atoms with Gasteiger partial charge in [0.25, 0.3) is 11.6 Å². The van der Waals surface area contributed by atoms with Crippen LogP contribution in [0.4, 0.5) is 11.4 Å². The van der Waals surface area contributed by atoms with Crippen LogP contribution in [0.1, 0.15) is 18.1 Å². The highest BCUT2D eigenvalue weighted by atomic mass is 32.2. The monoisotopic (exact) mass is 418 g/mol. The van der Waals surface area contributed by atoms with Crippen molar-refractivity contribution < 1.29 is 24.0 Å². The van der Waals surface area contributed by atoms with Gasteiger partial charge >= 0.3 is 5.97 Å². The molecular weight excluding hydrogens is 396 g/mol. The zero-order valence-electron chi connectivity index (χ0n) is 16.6. The molecule has 9 heteroatoms. The van der Waals surface area contributed by atoms with Crippen molar-refractivity contribution in [1.29, 1.82) is 0 Å². The number of nitro benzene ring substituents is 1. The van der Waals surface area contributed by atoms with E-state index in [4.69, 9.17) is 9.47 Å². The molecule has 29 heavy (non-hydrogen) atoms. The third-order valence-electron chi connectivity index (χ3n) is 4.01. The number of hydrogen-bond donors (Lipinski definition) is 1. The fourth-order valence-corrected chi connectivity index (χ4v) is 3.32. The van der Waals surface area contributed by atoms with Gasteiger partial charge < -0.3 is 14.8 Å². The molecule has 0 aliphatic carbocycles. The van der Waals surface area contributed by atoms with Gasteiger partial charge in [0.1, 0.15) is 5.75 Å². The van der Waals surface area contributed by atoms with Crippen molar-refractivity contribution in [2.75, 3.05) is 18.2 Å². The van der Waals surface area contributed by atoms with Crippen LogP contribution in [0.2, 0.25) is 0 Å². The molecule has 0 radical (unpaired) electrons. The van der Waals surface area contributed by atoms with Crippen LogP contribution in [0.5, 0.6) is 5.75 Å². The van der Waals surface area contributed by atoms with Crippen LogP contribution in [0.25, 0.3) is 0 Å². The summed E-state index contributed by atoms with van der Waals surface area (Å²) in [4.78, 5) is 35.7. The molecule has 0 saturated heterocycles. The molecule has 0 aromatic heterocycles. The Balaban J connectivity index is 1.95. The number of nitrogens with zero attached hydrogens (tertiary/aromatic N) is 1. The number of aryl methyl sites for hydroxylation is 2. The predicted molar refractivity (Wildman–Crippen MR) is 110 cm³/mol. The number of carbonyl (C=O) groups is 2. The van der Waals surface area contributed by atoms with Gasteiger partial charge in [-0.15, -0.1) is 11.8 Å². The zero-order chi connectivity index (χ0) is 21.6. The van der Waals surface area contributed by atoms with E-state index in [0.717, 1.165) is 16.0 Å². The average Bonchev–Trinajstić information content (AvgIpc) is 2.67. The second kappa shape index (κ2) is 9.92. The third kappa shape index (κ3) is 6.21. The number of carbonyl (C=O) groups excluding carboxylic acids is 2. The maximum Gasteiger partial charge on any atom is 0.317 e. The number of esters is 1. The minimum absolute atomic E-state index is 0.0572. The number of non-ortho nitro benzene ring substituents is 1. The summed E-state index contributed by atoms with van der Waals surface area (Å²) in [6.07, 6.45) is -1.08. The fourth-order valence-electron chi connectivity index (χ4n) is 2.52. The first-order valence-electron chi connectivity index (χ1n) is 8.74. The molecule has 0 heterocycles. The first-order valence-corrected chi connectivity index (χ1v) is 9.72. The normalized spacial score (nSPS) is 11.4. The highest BCUT2D eigenvalue weighted by molar-refractivity contribution is 8.00. The van der Waals surface area contributed by atoms with E-state index in [1.807, 2.05) is 32.0 Å². The van der Waals surface area contributed by atoms with Crippen LogP contribution < -0.4 is 10.1 Å². The first kappa shape index (κ1) is 22.2. The Hall–Kier alpha value is -3.07. The van der Waals surface area contributed by atoms with Crippen LogP contribution in [-0.4, -0.2) is 35.8 Å². The van der Waals surface area contributed by atoms with Crippen LogP contribution in [0.15, 0.2) is 41.3 Å². The van der Waals surface area contributed by atoms with Crippen molar-refractivity contribution in [3.05, 3.63) is 57.6 Å². The van der Waals surface area contributed by atoms with Crippen LogP contribution >= 0.6 is 11.8 Å². The maximum atomic E-state index is 12.3. The van der Waals surface area contributed by atoms with E-state index in [9.17, 15) is 19.7 Å². The summed E-state index contributed by atoms with van der Waals surface area (Å²) in [6.45, 7) is 5.38. The van der Waals surface area contributed by atoms with Gasteiger partial charge in [-0.3, -0.25) is 19.7 Å². The Labute approximate surface area is 172 Å². The van der Waals surface area contributed by atoms with Gasteiger partial charge in [0.15, 0.2) is 6.10 Å². The zero-order valence-corrected chi connectivity index (χ0v) is 17.4. The second-order valence-corrected chi connectivity index (χ2v) is 7.34. The van der Waals surface area contributed by atoms with E-state index in [1.54, 1.807) is 0 Å². The molecular formula is C20H22N2O6S. The van der Waals surface area contributed by atoms with Crippen molar-refractivity contribution in [1.82, 2.24) is 0 Å². The Kier molecular flexibility index (Phi) is 7.60. The number of thioether (sulfide) groups is 1. The summed E-state index contributed by atoms with van der Waals surface area (Å²) in [5.41, 5.74) is 2.12. The molecule has 8 nitrogen and oxygen atoms in total. The minimum atomic E-state index is -1.08. The van der Waals surface area contributed by atoms with E-state index >= 15 is 0 Å². The molecule has 0 saturated carbocycles.